The zero-order valence-electron chi connectivity index (χ0n) is 20.5. The first-order valence-corrected chi connectivity index (χ1v) is 14.1. The molecule has 12 heteroatoms. The third kappa shape index (κ3) is 4.53. The van der Waals surface area contributed by atoms with Crippen molar-refractivity contribution in [3.8, 4) is 6.07 Å². The van der Waals surface area contributed by atoms with E-state index in [0.29, 0.717) is 34.2 Å². The minimum absolute atomic E-state index is 0.169. The predicted molar refractivity (Wildman–Crippen MR) is 143 cm³/mol. The number of benzene rings is 2. The number of rotatable bonds is 4. The highest BCUT2D eigenvalue weighted by molar-refractivity contribution is 7.97. The van der Waals surface area contributed by atoms with Crippen molar-refractivity contribution in [2.24, 2.45) is 0 Å². The number of fused-ring (bicyclic) bond motifs is 2. The number of nitriles is 1. The van der Waals surface area contributed by atoms with Crippen LogP contribution in [0.1, 0.15) is 37.7 Å². The number of piperazine rings is 1. The summed E-state index contributed by atoms with van der Waals surface area (Å²) in [7, 11) is -1.62. The van der Waals surface area contributed by atoms with Gasteiger partial charge in [0.25, 0.3) is 11.8 Å². The van der Waals surface area contributed by atoms with Crippen molar-refractivity contribution in [1.82, 2.24) is 19.0 Å². The minimum Gasteiger partial charge on any atom is -0.338 e. The van der Waals surface area contributed by atoms with Gasteiger partial charge < -0.3 is 9.80 Å². The number of hydrogen-bond donors (Lipinski definition) is 1. The van der Waals surface area contributed by atoms with E-state index in [-0.39, 0.29) is 11.8 Å². The molecule has 1 saturated heterocycles. The number of anilines is 2. The second-order valence-electron chi connectivity index (χ2n) is 9.22. The summed E-state index contributed by atoms with van der Waals surface area (Å²) in [4.78, 5) is 39.3. The van der Waals surface area contributed by atoms with Crippen LogP contribution >= 0.6 is 11.9 Å². The van der Waals surface area contributed by atoms with Crippen molar-refractivity contribution < 1.29 is 13.8 Å². The summed E-state index contributed by atoms with van der Waals surface area (Å²) in [5.41, 5.74) is 3.92. The molecule has 0 spiro atoms. The molecular formula is C26H23N7O3S2. The Hall–Kier alpha value is -3.79. The number of nitrogens with one attached hydrogen (secondary N) is 1. The summed E-state index contributed by atoms with van der Waals surface area (Å²) in [6.07, 6.45) is 0.756. The fourth-order valence-corrected chi connectivity index (χ4v) is 6.82. The highest BCUT2D eigenvalue weighted by Gasteiger charge is 2.30. The molecule has 1 aromatic heterocycles. The quantitative estimate of drug-likeness (QED) is 0.493. The molecule has 3 aromatic rings. The zero-order chi connectivity index (χ0) is 26.4. The Balaban J connectivity index is 1.11. The summed E-state index contributed by atoms with van der Waals surface area (Å²) >= 11 is 1.70. The maximum Gasteiger partial charge on any atom is 0.264 e. The van der Waals surface area contributed by atoms with Gasteiger partial charge in [-0.2, -0.15) is 5.26 Å². The average molecular weight is 546 g/mol. The third-order valence-corrected chi connectivity index (χ3v) is 8.96. The van der Waals surface area contributed by atoms with Crippen molar-refractivity contribution >= 4 is 46.4 Å². The molecule has 0 aliphatic carbocycles. The molecule has 192 valence electrons. The highest BCUT2D eigenvalue weighted by atomic mass is 32.2. The van der Waals surface area contributed by atoms with Crippen LogP contribution in [0.4, 0.5) is 11.6 Å². The fraction of sp³-hybridized carbons (Fsp3) is 0.269. The molecule has 4 heterocycles. The molecule has 1 atom stereocenters. The predicted octanol–water partition coefficient (Wildman–Crippen LogP) is 2.45. The van der Waals surface area contributed by atoms with Crippen LogP contribution < -0.4 is 14.5 Å². The summed E-state index contributed by atoms with van der Waals surface area (Å²) < 4.78 is 16.8. The van der Waals surface area contributed by atoms with Gasteiger partial charge in [-0.1, -0.05) is 0 Å². The Labute approximate surface area is 226 Å². The van der Waals surface area contributed by atoms with Crippen molar-refractivity contribution in [2.75, 3.05) is 42.5 Å². The summed E-state index contributed by atoms with van der Waals surface area (Å²) in [6.45, 7) is 5.61. The Kier molecular flexibility index (Phi) is 6.35. The van der Waals surface area contributed by atoms with Gasteiger partial charge in [0.05, 0.1) is 10.5 Å². The number of hydrogen-bond acceptors (Lipinski definition) is 9. The van der Waals surface area contributed by atoms with Gasteiger partial charge in [0.15, 0.2) is 11.0 Å². The average Bonchev–Trinajstić information content (AvgIpc) is 3.47. The summed E-state index contributed by atoms with van der Waals surface area (Å²) in [5, 5.41) is 9.20. The topological polar surface area (TPSA) is 123 Å². The largest absolute Gasteiger partial charge is 0.338 e. The van der Waals surface area contributed by atoms with E-state index in [0.717, 1.165) is 54.4 Å². The minimum atomic E-state index is -1.62. The molecule has 10 nitrogen and oxygen atoms in total. The normalized spacial score (nSPS) is 18.6. The summed E-state index contributed by atoms with van der Waals surface area (Å²) in [6, 6.07) is 14.7. The number of amides is 2. The SMILES string of the molecule is Cc1cc(C#N)nc(N2CCN(Sc3ccc4c(c3)CCN4C(=O)c3ccc4c(c3)S(=O)NC4=O)CC2)n1. The molecule has 0 radical (unpaired) electrons. The van der Waals surface area contributed by atoms with E-state index in [4.69, 9.17) is 0 Å². The standard InChI is InChI=1S/C26H23N7O3S2/c1-16-12-19(15-27)29-26(28-16)31-8-10-32(11-9-31)37-20-3-5-22-17(13-20)6-7-33(22)25(35)18-2-4-21-23(14-18)38(36)30-24(21)34/h2-5,12-14H,6-11H2,1H3,(H,30,34). The first-order valence-electron chi connectivity index (χ1n) is 12.1. The molecule has 1 fully saturated rings. The van der Waals surface area contributed by atoms with E-state index in [1.165, 1.54) is 0 Å². The lowest BCUT2D eigenvalue weighted by Crippen LogP contribution is -2.44. The zero-order valence-corrected chi connectivity index (χ0v) is 22.1. The van der Waals surface area contributed by atoms with Crippen LogP contribution in [0, 0.1) is 18.3 Å². The third-order valence-electron chi connectivity index (χ3n) is 6.76. The van der Waals surface area contributed by atoms with E-state index in [1.54, 1.807) is 41.1 Å². The van der Waals surface area contributed by atoms with Crippen LogP contribution in [0.15, 0.2) is 52.3 Å². The Morgan fingerprint density at radius 1 is 1.08 bits per heavy atom. The van der Waals surface area contributed by atoms with Crippen LogP contribution in [0.5, 0.6) is 0 Å². The molecule has 3 aliphatic heterocycles. The molecule has 1 unspecified atom stereocenters. The monoisotopic (exact) mass is 545 g/mol. The van der Waals surface area contributed by atoms with Crippen LogP contribution in [0.2, 0.25) is 0 Å². The van der Waals surface area contributed by atoms with Gasteiger partial charge in [-0.05, 0) is 73.3 Å². The lowest BCUT2D eigenvalue weighted by atomic mass is 10.1. The Bertz CT molecular complexity index is 1550. The van der Waals surface area contributed by atoms with E-state index in [9.17, 15) is 19.1 Å². The molecule has 2 amide bonds. The number of aromatic nitrogens is 2. The number of aryl methyl sites for hydroxylation is 1. The van der Waals surface area contributed by atoms with Crippen molar-refractivity contribution in [1.29, 1.82) is 5.26 Å². The molecule has 38 heavy (non-hydrogen) atoms. The van der Waals surface area contributed by atoms with E-state index < -0.39 is 11.0 Å². The van der Waals surface area contributed by atoms with E-state index in [2.05, 4.69) is 36.0 Å². The lowest BCUT2D eigenvalue weighted by molar-refractivity contribution is 0.0975. The molecule has 6 rings (SSSR count). The van der Waals surface area contributed by atoms with Crippen LogP contribution in [-0.4, -0.2) is 63.0 Å². The van der Waals surface area contributed by atoms with E-state index in [1.807, 2.05) is 19.1 Å². The number of carbonyl (C=O) groups excluding carboxylic acids is 2. The van der Waals surface area contributed by atoms with Crippen LogP contribution in [-0.2, 0) is 17.4 Å². The molecule has 3 aliphatic rings. The lowest BCUT2D eigenvalue weighted by Gasteiger charge is -2.34. The molecule has 0 saturated carbocycles. The summed E-state index contributed by atoms with van der Waals surface area (Å²) in [5.74, 6) is 0.0511. The highest BCUT2D eigenvalue weighted by Crippen LogP contribution is 2.35. The Morgan fingerprint density at radius 3 is 2.68 bits per heavy atom. The maximum atomic E-state index is 13.3. The van der Waals surface area contributed by atoms with Crippen molar-refractivity contribution in [3.05, 3.63) is 70.5 Å². The van der Waals surface area contributed by atoms with Gasteiger partial charge in [-0.25, -0.2) is 18.5 Å². The number of nitrogens with zero attached hydrogens (tertiary/aromatic N) is 6. The van der Waals surface area contributed by atoms with Gasteiger partial charge in [-0.15, -0.1) is 0 Å². The maximum absolute atomic E-state index is 13.3. The first kappa shape index (κ1) is 24.5. The molecule has 2 aromatic carbocycles. The second kappa shape index (κ2) is 9.83. The second-order valence-corrected chi connectivity index (χ2v) is 11.6. The fourth-order valence-electron chi connectivity index (χ4n) is 4.87. The number of carbonyl (C=O) groups is 2. The van der Waals surface area contributed by atoms with Gasteiger partial charge in [0.2, 0.25) is 5.95 Å². The van der Waals surface area contributed by atoms with E-state index >= 15 is 0 Å². The smallest absolute Gasteiger partial charge is 0.264 e. The molecular weight excluding hydrogens is 522 g/mol. The molecule has 0 bridgehead atoms. The van der Waals surface area contributed by atoms with Crippen molar-refractivity contribution in [3.63, 3.8) is 0 Å². The van der Waals surface area contributed by atoms with Gasteiger partial charge in [0, 0.05) is 54.6 Å². The van der Waals surface area contributed by atoms with Crippen LogP contribution in [0.25, 0.3) is 0 Å². The van der Waals surface area contributed by atoms with Gasteiger partial charge in [0.1, 0.15) is 11.8 Å². The van der Waals surface area contributed by atoms with Gasteiger partial charge >= 0.3 is 0 Å². The van der Waals surface area contributed by atoms with Crippen molar-refractivity contribution in [2.45, 2.75) is 23.1 Å². The Morgan fingerprint density at radius 2 is 1.89 bits per heavy atom. The van der Waals surface area contributed by atoms with Gasteiger partial charge in [-0.3, -0.25) is 14.3 Å². The van der Waals surface area contributed by atoms with Crippen LogP contribution in [0.3, 0.4) is 0 Å². The molecule has 1 N–H and O–H groups in total. The first-order chi connectivity index (χ1) is 18.4.